The molecule has 278 valence electrons. The number of nitrogen functional groups attached to an aromatic ring is 1. The lowest BCUT2D eigenvalue weighted by Crippen LogP contribution is -2.14. The average Bonchev–Trinajstić information content (AvgIpc) is 3.13. The molecule has 6 rings (SSSR count). The van der Waals surface area contributed by atoms with Gasteiger partial charge in [0.1, 0.15) is 6.29 Å². The molecule has 0 radical (unpaired) electrons. The van der Waals surface area contributed by atoms with E-state index in [1.807, 2.05) is 69.3 Å². The summed E-state index contributed by atoms with van der Waals surface area (Å²) in [7, 11) is 0. The summed E-state index contributed by atoms with van der Waals surface area (Å²) in [5, 5.41) is 11.2. The van der Waals surface area contributed by atoms with E-state index in [1.165, 1.54) is 16.7 Å². The second-order valence-electron chi connectivity index (χ2n) is 13.3. The standard InChI is InChI=1S/C22H25ClN2O.C13H15ClN2O.C9H10O/c1-15-6-3-4-7-17(15)12-13-24-18-10-11-21(19(23)14-18)25-20-8-5-9-22(26)16(20)2;1-8-11(3-2-4-13(8)17)16-12-6-5-9(15)7-10(12)14;1-8-4-2-3-5-9(8)6-7-10/h3-4,6-7,10-11,14,24-25H,5,8-9,12-13H2,1-2H3;5-7,16H,2-4,15H2,1H3;2-5,7H,6H2,1H3. The Hall–Kier alpha value is -4.85. The number of rotatable bonds is 10. The first kappa shape index (κ1) is 40.9. The molecular formula is C44H50Cl2N4O3. The first-order chi connectivity index (χ1) is 25.5. The molecule has 0 heterocycles. The fourth-order valence-electron chi connectivity index (χ4n) is 6.10. The number of aryl methyl sites for hydroxylation is 2. The van der Waals surface area contributed by atoms with Gasteiger partial charge in [0.15, 0.2) is 11.6 Å². The number of hydrogen-bond donors (Lipinski definition) is 4. The van der Waals surface area contributed by atoms with Gasteiger partial charge in [0.2, 0.25) is 0 Å². The zero-order chi connectivity index (χ0) is 38.3. The van der Waals surface area contributed by atoms with Crippen LogP contribution >= 0.6 is 23.2 Å². The van der Waals surface area contributed by atoms with Gasteiger partial charge in [-0.1, -0.05) is 71.7 Å². The van der Waals surface area contributed by atoms with Gasteiger partial charge in [0.05, 0.1) is 21.4 Å². The highest BCUT2D eigenvalue weighted by atomic mass is 35.5. The first-order valence-electron chi connectivity index (χ1n) is 18.1. The molecule has 7 nitrogen and oxygen atoms in total. The maximum atomic E-state index is 11.9. The van der Waals surface area contributed by atoms with Crippen molar-refractivity contribution in [3.8, 4) is 0 Å². The van der Waals surface area contributed by atoms with Crippen LogP contribution in [-0.4, -0.2) is 24.4 Å². The fraction of sp³-hybridized carbons (Fsp3) is 0.295. The Morgan fingerprint density at radius 1 is 0.660 bits per heavy atom. The van der Waals surface area contributed by atoms with E-state index >= 15 is 0 Å². The molecule has 2 aliphatic carbocycles. The van der Waals surface area contributed by atoms with Crippen molar-refractivity contribution in [2.75, 3.05) is 28.2 Å². The van der Waals surface area contributed by atoms with E-state index in [0.717, 1.165) is 90.1 Å². The van der Waals surface area contributed by atoms with Crippen molar-refractivity contribution in [2.24, 2.45) is 0 Å². The topological polar surface area (TPSA) is 113 Å². The Bertz CT molecular complexity index is 1990. The molecule has 0 saturated heterocycles. The van der Waals surface area contributed by atoms with Crippen molar-refractivity contribution >= 4 is 63.8 Å². The maximum Gasteiger partial charge on any atom is 0.160 e. The molecule has 0 atom stereocenters. The molecule has 53 heavy (non-hydrogen) atoms. The molecule has 0 fully saturated rings. The van der Waals surface area contributed by atoms with Crippen LogP contribution in [0.15, 0.2) is 107 Å². The van der Waals surface area contributed by atoms with Gasteiger partial charge >= 0.3 is 0 Å². The largest absolute Gasteiger partial charge is 0.399 e. The van der Waals surface area contributed by atoms with Crippen LogP contribution in [0.25, 0.3) is 0 Å². The predicted molar refractivity (Wildman–Crippen MR) is 222 cm³/mol. The quantitative estimate of drug-likeness (QED) is 0.0942. The number of anilines is 4. The lowest BCUT2D eigenvalue weighted by atomic mass is 9.96. The Labute approximate surface area is 324 Å². The molecule has 0 aliphatic heterocycles. The molecule has 0 aromatic heterocycles. The van der Waals surface area contributed by atoms with Crippen LogP contribution in [0.5, 0.6) is 0 Å². The summed E-state index contributed by atoms with van der Waals surface area (Å²) in [6.07, 6.45) is 7.30. The number of hydrogen-bond acceptors (Lipinski definition) is 7. The normalized spacial score (nSPS) is 14.1. The molecule has 0 unspecified atom stereocenters. The molecular weight excluding hydrogens is 703 g/mol. The van der Waals surface area contributed by atoms with E-state index in [9.17, 15) is 14.4 Å². The predicted octanol–water partition coefficient (Wildman–Crippen LogP) is 10.8. The number of aldehydes is 1. The lowest BCUT2D eigenvalue weighted by molar-refractivity contribution is -0.116. The minimum atomic E-state index is 0.213. The van der Waals surface area contributed by atoms with E-state index in [1.54, 1.807) is 12.1 Å². The molecule has 5 N–H and O–H groups in total. The Balaban J connectivity index is 0.000000198. The van der Waals surface area contributed by atoms with Crippen molar-refractivity contribution in [3.63, 3.8) is 0 Å². The maximum absolute atomic E-state index is 11.9. The summed E-state index contributed by atoms with van der Waals surface area (Å²) in [6.45, 7) is 8.75. The van der Waals surface area contributed by atoms with E-state index in [2.05, 4.69) is 47.1 Å². The number of halogens is 2. The minimum absolute atomic E-state index is 0.213. The third-order valence-electron chi connectivity index (χ3n) is 9.49. The third-order valence-corrected chi connectivity index (χ3v) is 10.1. The number of nitrogens with one attached hydrogen (secondary N) is 3. The van der Waals surface area contributed by atoms with Crippen molar-refractivity contribution < 1.29 is 14.4 Å². The Morgan fingerprint density at radius 2 is 1.17 bits per heavy atom. The highest BCUT2D eigenvalue weighted by molar-refractivity contribution is 6.34. The fourth-order valence-corrected chi connectivity index (χ4v) is 6.56. The van der Waals surface area contributed by atoms with Crippen LogP contribution in [0.2, 0.25) is 10.0 Å². The number of ketones is 2. The number of carbonyl (C=O) groups excluding carboxylic acids is 3. The van der Waals surface area contributed by atoms with Crippen molar-refractivity contribution in [1.29, 1.82) is 0 Å². The first-order valence-corrected chi connectivity index (χ1v) is 18.8. The van der Waals surface area contributed by atoms with Gasteiger partial charge in [-0.05, 0) is 118 Å². The van der Waals surface area contributed by atoms with Crippen LogP contribution in [0.3, 0.4) is 0 Å². The zero-order valence-electron chi connectivity index (χ0n) is 31.1. The van der Waals surface area contributed by atoms with Gasteiger partial charge in [0, 0.05) is 59.7 Å². The summed E-state index contributed by atoms with van der Waals surface area (Å²) in [5.41, 5.74) is 17.5. The smallest absolute Gasteiger partial charge is 0.160 e. The van der Waals surface area contributed by atoms with Crippen LogP contribution in [0.1, 0.15) is 74.6 Å². The van der Waals surface area contributed by atoms with Crippen LogP contribution < -0.4 is 21.7 Å². The van der Waals surface area contributed by atoms with Crippen LogP contribution in [0.4, 0.5) is 22.7 Å². The summed E-state index contributed by atoms with van der Waals surface area (Å²) < 4.78 is 0. The third kappa shape index (κ3) is 12.4. The number of carbonyl (C=O) groups is 3. The van der Waals surface area contributed by atoms with E-state index in [4.69, 9.17) is 28.9 Å². The summed E-state index contributed by atoms with van der Waals surface area (Å²) in [6, 6.07) is 27.6. The van der Waals surface area contributed by atoms with Gasteiger partial charge in [-0.3, -0.25) is 9.59 Å². The molecule has 0 amide bonds. The van der Waals surface area contributed by atoms with Gasteiger partial charge in [-0.25, -0.2) is 0 Å². The van der Waals surface area contributed by atoms with Crippen LogP contribution in [0, 0.1) is 13.8 Å². The average molecular weight is 754 g/mol. The minimum Gasteiger partial charge on any atom is -0.399 e. The Morgan fingerprint density at radius 3 is 1.68 bits per heavy atom. The van der Waals surface area contributed by atoms with Gasteiger partial charge in [-0.15, -0.1) is 0 Å². The molecule has 9 heteroatoms. The number of allylic oxidation sites excluding steroid dienone is 4. The Kier molecular flexibility index (Phi) is 15.8. The molecule has 0 spiro atoms. The van der Waals surface area contributed by atoms with Gasteiger partial charge in [0.25, 0.3) is 0 Å². The molecule has 2 aliphatic rings. The van der Waals surface area contributed by atoms with E-state index in [0.29, 0.717) is 35.0 Å². The van der Waals surface area contributed by atoms with Gasteiger partial charge < -0.3 is 26.5 Å². The summed E-state index contributed by atoms with van der Waals surface area (Å²) >= 11 is 12.5. The van der Waals surface area contributed by atoms with Crippen molar-refractivity contribution in [3.05, 3.63) is 140 Å². The van der Waals surface area contributed by atoms with Crippen molar-refractivity contribution in [1.82, 2.24) is 0 Å². The number of benzene rings is 4. The highest BCUT2D eigenvalue weighted by Crippen LogP contribution is 2.31. The lowest BCUT2D eigenvalue weighted by Gasteiger charge is -2.19. The van der Waals surface area contributed by atoms with E-state index in [-0.39, 0.29) is 11.6 Å². The highest BCUT2D eigenvalue weighted by Gasteiger charge is 2.18. The van der Waals surface area contributed by atoms with Crippen molar-refractivity contribution in [2.45, 2.75) is 79.1 Å². The van der Waals surface area contributed by atoms with Gasteiger partial charge in [-0.2, -0.15) is 0 Å². The monoisotopic (exact) mass is 752 g/mol. The molecule has 0 bridgehead atoms. The van der Waals surface area contributed by atoms with Crippen LogP contribution in [-0.2, 0) is 27.2 Å². The summed E-state index contributed by atoms with van der Waals surface area (Å²) in [4.78, 5) is 33.6. The second-order valence-corrected chi connectivity index (χ2v) is 14.2. The van der Waals surface area contributed by atoms with E-state index < -0.39 is 0 Å². The number of nitrogens with two attached hydrogens (primary N) is 1. The molecule has 4 aromatic carbocycles. The number of Topliss-reactive ketones (excluding diaryl/α,β-unsaturated/α-hetero) is 2. The SMILES string of the molecule is CC1=C(Nc2ccc(N)cc2Cl)CCCC1=O.CC1=C(Nc2ccc(NCCc3ccccc3C)cc2Cl)CCCC1=O.Cc1ccccc1CC=O. The molecule has 0 saturated carbocycles. The summed E-state index contributed by atoms with van der Waals surface area (Å²) in [5.74, 6) is 0.440. The molecule has 4 aromatic rings. The zero-order valence-corrected chi connectivity index (χ0v) is 32.6. The second kappa shape index (κ2) is 20.4.